The van der Waals surface area contributed by atoms with E-state index >= 15 is 0 Å². The minimum absolute atomic E-state index is 0.0156. The van der Waals surface area contributed by atoms with Gasteiger partial charge in [0.05, 0.1) is 10.8 Å². The summed E-state index contributed by atoms with van der Waals surface area (Å²) in [5.41, 5.74) is 1.15. The topological polar surface area (TPSA) is 59.8 Å². The van der Waals surface area contributed by atoms with Crippen molar-refractivity contribution in [2.24, 2.45) is 0 Å². The van der Waals surface area contributed by atoms with Gasteiger partial charge in [0.15, 0.2) is 11.0 Å². The maximum Gasteiger partial charge on any atom is 0.237 e. The third-order valence-electron chi connectivity index (χ3n) is 4.25. The van der Waals surface area contributed by atoms with Gasteiger partial charge in [0.1, 0.15) is 5.82 Å². The van der Waals surface area contributed by atoms with Crippen LogP contribution in [0.25, 0.3) is 11.4 Å². The first-order valence-corrected chi connectivity index (χ1v) is 10.1. The van der Waals surface area contributed by atoms with E-state index in [-0.39, 0.29) is 23.0 Å². The molecule has 28 heavy (non-hydrogen) atoms. The number of carbonyl (C=O) groups is 1. The van der Waals surface area contributed by atoms with E-state index in [2.05, 4.69) is 15.5 Å². The van der Waals surface area contributed by atoms with Crippen molar-refractivity contribution in [1.29, 1.82) is 0 Å². The Bertz CT molecular complexity index is 943. The number of thioether (sulfide) groups is 1. The van der Waals surface area contributed by atoms with Gasteiger partial charge in [0.2, 0.25) is 5.91 Å². The van der Waals surface area contributed by atoms with Crippen LogP contribution in [0.5, 0.6) is 0 Å². The average molecular weight is 399 g/mol. The number of carbonyl (C=O) groups excluding carboxylic acids is 1. The van der Waals surface area contributed by atoms with E-state index in [1.165, 1.54) is 17.8 Å². The van der Waals surface area contributed by atoms with Crippen molar-refractivity contribution in [1.82, 2.24) is 14.8 Å². The monoisotopic (exact) mass is 398 g/mol. The summed E-state index contributed by atoms with van der Waals surface area (Å²) in [5.74, 6) is 0.0283. The Balaban J connectivity index is 1.86. The number of nitrogens with one attached hydrogen (secondary N) is 1. The first kappa shape index (κ1) is 20.1. The molecule has 0 unspecified atom stereocenters. The standard InChI is InChI=1S/C21H23FN4OS/c1-4-18(20(27)23-15-10-6-5-7-11-15)28-21-25-24-19(26(21)14(2)3)16-12-8-9-13-17(16)22/h5-14,18H,4H2,1-3H3,(H,23,27)/t18-/m0/s1. The molecule has 1 amide bonds. The van der Waals surface area contributed by atoms with Crippen LogP contribution in [0.2, 0.25) is 0 Å². The number of rotatable bonds is 7. The Morgan fingerprint density at radius 2 is 1.79 bits per heavy atom. The zero-order valence-corrected chi connectivity index (χ0v) is 16.9. The molecule has 5 nitrogen and oxygen atoms in total. The summed E-state index contributed by atoms with van der Waals surface area (Å²) >= 11 is 1.35. The number of anilines is 1. The van der Waals surface area contributed by atoms with E-state index in [9.17, 15) is 9.18 Å². The number of amides is 1. The van der Waals surface area contributed by atoms with Crippen LogP contribution < -0.4 is 5.32 Å². The number of para-hydroxylation sites is 1. The largest absolute Gasteiger partial charge is 0.325 e. The SMILES string of the molecule is CC[C@H](Sc1nnc(-c2ccccc2F)n1C(C)C)C(=O)Nc1ccccc1. The zero-order valence-electron chi connectivity index (χ0n) is 16.1. The lowest BCUT2D eigenvalue weighted by atomic mass is 10.2. The van der Waals surface area contributed by atoms with Gasteiger partial charge in [0.25, 0.3) is 0 Å². The van der Waals surface area contributed by atoms with Gasteiger partial charge in [-0.05, 0) is 44.5 Å². The lowest BCUT2D eigenvalue weighted by Gasteiger charge is -2.18. The number of hydrogen-bond acceptors (Lipinski definition) is 4. The van der Waals surface area contributed by atoms with Crippen LogP contribution in [0, 0.1) is 5.82 Å². The highest BCUT2D eigenvalue weighted by Crippen LogP contribution is 2.32. The van der Waals surface area contributed by atoms with Gasteiger partial charge in [-0.2, -0.15) is 0 Å². The fraction of sp³-hybridized carbons (Fsp3) is 0.286. The fourth-order valence-electron chi connectivity index (χ4n) is 2.84. The second-order valence-electron chi connectivity index (χ2n) is 6.62. The minimum atomic E-state index is -0.345. The molecule has 0 aliphatic carbocycles. The summed E-state index contributed by atoms with van der Waals surface area (Å²) in [7, 11) is 0. The Kier molecular flexibility index (Phi) is 6.46. The molecule has 2 aromatic carbocycles. The van der Waals surface area contributed by atoms with Gasteiger partial charge in [-0.3, -0.25) is 9.36 Å². The summed E-state index contributed by atoms with van der Waals surface area (Å²) < 4.78 is 16.2. The molecule has 0 radical (unpaired) electrons. The van der Waals surface area contributed by atoms with Crippen LogP contribution in [0.3, 0.4) is 0 Å². The van der Waals surface area contributed by atoms with Crippen molar-refractivity contribution < 1.29 is 9.18 Å². The zero-order chi connectivity index (χ0) is 20.1. The van der Waals surface area contributed by atoms with Crippen molar-refractivity contribution in [3.63, 3.8) is 0 Å². The molecular weight excluding hydrogens is 375 g/mol. The molecule has 0 spiro atoms. The molecule has 1 heterocycles. The van der Waals surface area contributed by atoms with Crippen molar-refractivity contribution in [2.75, 3.05) is 5.32 Å². The predicted octanol–water partition coefficient (Wildman–Crippen LogP) is 5.17. The number of nitrogens with zero attached hydrogens (tertiary/aromatic N) is 3. The van der Waals surface area contributed by atoms with E-state index in [0.717, 1.165) is 5.69 Å². The van der Waals surface area contributed by atoms with Crippen LogP contribution >= 0.6 is 11.8 Å². The first-order chi connectivity index (χ1) is 13.5. The second-order valence-corrected chi connectivity index (χ2v) is 7.79. The fourth-order valence-corrected chi connectivity index (χ4v) is 3.93. The summed E-state index contributed by atoms with van der Waals surface area (Å²) in [4.78, 5) is 12.7. The van der Waals surface area contributed by atoms with Gasteiger partial charge in [-0.1, -0.05) is 49.0 Å². The highest BCUT2D eigenvalue weighted by atomic mass is 32.2. The van der Waals surface area contributed by atoms with Gasteiger partial charge >= 0.3 is 0 Å². The van der Waals surface area contributed by atoms with E-state index in [0.29, 0.717) is 23.0 Å². The highest BCUT2D eigenvalue weighted by molar-refractivity contribution is 8.00. The third-order valence-corrected chi connectivity index (χ3v) is 5.57. The quantitative estimate of drug-likeness (QED) is 0.558. The van der Waals surface area contributed by atoms with Crippen LogP contribution in [-0.2, 0) is 4.79 Å². The molecule has 1 aromatic heterocycles. The highest BCUT2D eigenvalue weighted by Gasteiger charge is 2.25. The Labute approximate surface area is 168 Å². The smallest absolute Gasteiger partial charge is 0.237 e. The van der Waals surface area contributed by atoms with Crippen LogP contribution in [0.1, 0.15) is 33.2 Å². The van der Waals surface area contributed by atoms with Gasteiger partial charge < -0.3 is 5.32 Å². The maximum atomic E-state index is 14.3. The maximum absolute atomic E-state index is 14.3. The summed E-state index contributed by atoms with van der Waals surface area (Å²) in [6.07, 6.45) is 0.628. The van der Waals surface area contributed by atoms with Crippen molar-refractivity contribution >= 4 is 23.4 Å². The van der Waals surface area contributed by atoms with Crippen molar-refractivity contribution in [3.8, 4) is 11.4 Å². The molecule has 1 N–H and O–H groups in total. The van der Waals surface area contributed by atoms with Crippen molar-refractivity contribution in [3.05, 3.63) is 60.4 Å². The lowest BCUT2D eigenvalue weighted by Crippen LogP contribution is -2.25. The van der Waals surface area contributed by atoms with E-state index in [1.54, 1.807) is 18.2 Å². The van der Waals surface area contributed by atoms with Gasteiger partial charge in [0, 0.05) is 11.7 Å². The number of benzene rings is 2. The van der Waals surface area contributed by atoms with E-state index < -0.39 is 0 Å². The molecule has 3 aromatic rings. The molecular formula is C21H23FN4OS. The summed E-state index contributed by atoms with van der Waals surface area (Å²) in [5, 5.41) is 11.7. The molecule has 3 rings (SSSR count). The number of hydrogen-bond donors (Lipinski definition) is 1. The normalized spacial score (nSPS) is 12.2. The predicted molar refractivity (Wildman–Crippen MR) is 111 cm³/mol. The molecule has 0 saturated carbocycles. The Morgan fingerprint density at radius 3 is 2.43 bits per heavy atom. The Morgan fingerprint density at radius 1 is 1.11 bits per heavy atom. The van der Waals surface area contributed by atoms with E-state index in [4.69, 9.17) is 0 Å². The Hall–Kier alpha value is -2.67. The van der Waals surface area contributed by atoms with Gasteiger partial charge in [-0.15, -0.1) is 10.2 Å². The van der Waals surface area contributed by atoms with Crippen LogP contribution in [0.4, 0.5) is 10.1 Å². The molecule has 0 aliphatic heterocycles. The number of aromatic nitrogens is 3. The molecule has 0 aliphatic rings. The molecule has 0 saturated heterocycles. The summed E-state index contributed by atoms with van der Waals surface area (Å²) in [6, 6.07) is 15.9. The first-order valence-electron chi connectivity index (χ1n) is 9.23. The summed E-state index contributed by atoms with van der Waals surface area (Å²) in [6.45, 7) is 5.93. The third kappa shape index (κ3) is 4.42. The molecule has 146 valence electrons. The molecule has 0 fully saturated rings. The molecule has 0 bridgehead atoms. The van der Waals surface area contributed by atoms with Gasteiger partial charge in [-0.25, -0.2) is 4.39 Å². The minimum Gasteiger partial charge on any atom is -0.325 e. The molecule has 1 atom stereocenters. The molecule has 7 heteroatoms. The van der Waals surface area contributed by atoms with E-state index in [1.807, 2.05) is 55.7 Å². The average Bonchev–Trinajstić information content (AvgIpc) is 3.10. The number of halogens is 1. The van der Waals surface area contributed by atoms with Crippen LogP contribution in [-0.4, -0.2) is 25.9 Å². The lowest BCUT2D eigenvalue weighted by molar-refractivity contribution is -0.115. The van der Waals surface area contributed by atoms with Crippen molar-refractivity contribution in [2.45, 2.75) is 43.6 Å². The second kappa shape index (κ2) is 9.01. The van der Waals surface area contributed by atoms with Crippen LogP contribution in [0.15, 0.2) is 59.8 Å².